The zero-order valence-corrected chi connectivity index (χ0v) is 19.0. The van der Waals surface area contributed by atoms with E-state index in [0.717, 1.165) is 25.7 Å². The zero-order chi connectivity index (χ0) is 23.4. The molecule has 2 aliphatic rings. The molecule has 0 bridgehead atoms. The van der Waals surface area contributed by atoms with Gasteiger partial charge in [-0.05, 0) is 37.3 Å². The number of carbonyl (C=O) groups is 2. The van der Waals surface area contributed by atoms with Crippen molar-refractivity contribution in [2.75, 3.05) is 24.2 Å². The van der Waals surface area contributed by atoms with Crippen LogP contribution >= 0.6 is 11.6 Å². The van der Waals surface area contributed by atoms with Crippen LogP contribution in [0.15, 0.2) is 47.4 Å². The predicted octanol–water partition coefficient (Wildman–Crippen LogP) is 3.31. The summed E-state index contributed by atoms with van der Waals surface area (Å²) in [6, 6.07) is 7.09. The van der Waals surface area contributed by atoms with Gasteiger partial charge in [0.2, 0.25) is 5.95 Å². The normalized spacial score (nSPS) is 20.9. The zero-order valence-electron chi connectivity index (χ0n) is 18.3. The van der Waals surface area contributed by atoms with Gasteiger partial charge in [0.05, 0.1) is 23.0 Å². The second-order valence-electron chi connectivity index (χ2n) is 8.16. The first kappa shape index (κ1) is 22.7. The van der Waals surface area contributed by atoms with Gasteiger partial charge >= 0.3 is 0 Å². The Labute approximate surface area is 197 Å². The highest BCUT2D eigenvalue weighted by molar-refractivity contribution is 6.32. The Morgan fingerprint density at radius 3 is 2.67 bits per heavy atom. The molecule has 4 rings (SSSR count). The van der Waals surface area contributed by atoms with Crippen molar-refractivity contribution in [2.45, 2.75) is 31.7 Å². The molecule has 9 nitrogen and oxygen atoms in total. The van der Waals surface area contributed by atoms with Crippen molar-refractivity contribution < 1.29 is 9.59 Å². The smallest absolute Gasteiger partial charge is 0.261 e. The third-order valence-electron chi connectivity index (χ3n) is 5.89. The maximum absolute atomic E-state index is 12.7. The number of aliphatic imine (C=N–C) groups is 1. The molecular weight excluding hydrogens is 442 g/mol. The maximum atomic E-state index is 12.7. The van der Waals surface area contributed by atoms with Gasteiger partial charge in [0.25, 0.3) is 11.8 Å². The Kier molecular flexibility index (Phi) is 6.88. The van der Waals surface area contributed by atoms with Crippen LogP contribution in [0.3, 0.4) is 0 Å². The highest BCUT2D eigenvalue weighted by atomic mass is 35.5. The van der Waals surface area contributed by atoms with Crippen molar-refractivity contribution in [2.24, 2.45) is 16.6 Å². The minimum Gasteiger partial charge on any atom is -0.403 e. The lowest BCUT2D eigenvalue weighted by Gasteiger charge is -2.32. The Morgan fingerprint density at radius 1 is 1.27 bits per heavy atom. The van der Waals surface area contributed by atoms with Gasteiger partial charge in [-0.15, -0.1) is 0 Å². The molecule has 1 aromatic carbocycles. The van der Waals surface area contributed by atoms with Crippen LogP contribution in [0.2, 0.25) is 5.02 Å². The van der Waals surface area contributed by atoms with Crippen molar-refractivity contribution in [1.82, 2.24) is 14.9 Å². The molecule has 1 fully saturated rings. The molecule has 1 saturated carbocycles. The Hall–Kier alpha value is -3.46. The molecule has 0 radical (unpaired) electrons. The molecule has 0 saturated heterocycles. The second kappa shape index (κ2) is 9.99. The summed E-state index contributed by atoms with van der Waals surface area (Å²) >= 11 is 6.33. The van der Waals surface area contributed by atoms with E-state index in [-0.39, 0.29) is 23.8 Å². The molecular formula is C23H26ClN7O2. The summed E-state index contributed by atoms with van der Waals surface area (Å²) in [5.41, 5.74) is 7.12. The lowest BCUT2D eigenvalue weighted by atomic mass is 9.85. The van der Waals surface area contributed by atoms with E-state index >= 15 is 0 Å². The van der Waals surface area contributed by atoms with Gasteiger partial charge in [0.15, 0.2) is 5.82 Å². The van der Waals surface area contributed by atoms with Gasteiger partial charge in [-0.1, -0.05) is 30.2 Å². The summed E-state index contributed by atoms with van der Waals surface area (Å²) in [7, 11) is 1.64. The average Bonchev–Trinajstić information content (AvgIpc) is 3.06. The summed E-state index contributed by atoms with van der Waals surface area (Å²) in [5, 5.41) is 6.81. The molecule has 2 atom stereocenters. The van der Waals surface area contributed by atoms with Gasteiger partial charge in [0, 0.05) is 32.0 Å². The number of fused-ring (bicyclic) bond motifs is 1. The van der Waals surface area contributed by atoms with E-state index in [1.807, 2.05) is 0 Å². The van der Waals surface area contributed by atoms with Crippen molar-refractivity contribution in [3.63, 3.8) is 0 Å². The van der Waals surface area contributed by atoms with Gasteiger partial charge in [0.1, 0.15) is 5.02 Å². The number of anilines is 2. The Morgan fingerprint density at radius 2 is 2.00 bits per heavy atom. The highest BCUT2D eigenvalue weighted by Crippen LogP contribution is 2.31. The van der Waals surface area contributed by atoms with Crippen LogP contribution in [0, 0.1) is 5.92 Å². The average molecular weight is 468 g/mol. The lowest BCUT2D eigenvalue weighted by Crippen LogP contribution is -2.38. The number of nitrogens with two attached hydrogens (primary N) is 1. The number of hydrogen-bond donors (Lipinski definition) is 3. The fourth-order valence-corrected chi connectivity index (χ4v) is 4.50. The van der Waals surface area contributed by atoms with E-state index in [1.165, 1.54) is 17.3 Å². The number of benzene rings is 1. The van der Waals surface area contributed by atoms with Crippen molar-refractivity contribution in [1.29, 1.82) is 0 Å². The molecule has 0 spiro atoms. The number of halogens is 1. The lowest BCUT2D eigenvalue weighted by molar-refractivity contribution is 0.0614. The van der Waals surface area contributed by atoms with Crippen LogP contribution in [-0.4, -0.2) is 52.5 Å². The molecule has 4 N–H and O–H groups in total. The Bertz CT molecular complexity index is 1080. The molecule has 2 amide bonds. The maximum Gasteiger partial charge on any atom is 0.261 e. The van der Waals surface area contributed by atoms with Crippen LogP contribution in [0.25, 0.3) is 0 Å². The molecule has 172 valence electrons. The number of nitrogens with zero attached hydrogens (tertiary/aromatic N) is 4. The van der Waals surface area contributed by atoms with Gasteiger partial charge in [-0.2, -0.15) is 4.98 Å². The van der Waals surface area contributed by atoms with Crippen LogP contribution in [-0.2, 0) is 0 Å². The minimum atomic E-state index is -0.209. The molecule has 10 heteroatoms. The number of allylic oxidation sites excluding steroid dienone is 1. The van der Waals surface area contributed by atoms with Crippen molar-refractivity contribution in [3.8, 4) is 0 Å². The van der Waals surface area contributed by atoms with Crippen LogP contribution in [0.5, 0.6) is 0 Å². The van der Waals surface area contributed by atoms with Crippen molar-refractivity contribution >= 4 is 41.4 Å². The monoisotopic (exact) mass is 467 g/mol. The molecule has 1 aliphatic carbocycles. The minimum absolute atomic E-state index is 0.112. The largest absolute Gasteiger partial charge is 0.403 e. The summed E-state index contributed by atoms with van der Waals surface area (Å²) < 4.78 is 0. The van der Waals surface area contributed by atoms with Gasteiger partial charge in [-0.3, -0.25) is 19.5 Å². The third kappa shape index (κ3) is 4.98. The third-order valence-corrected chi connectivity index (χ3v) is 6.17. The number of hydrogen-bond acceptors (Lipinski definition) is 8. The number of imide groups is 1. The molecule has 2 heterocycles. The number of nitrogens with one attached hydrogen (secondary N) is 2. The van der Waals surface area contributed by atoms with E-state index in [9.17, 15) is 9.59 Å². The molecule has 1 aliphatic heterocycles. The Balaban J connectivity index is 1.41. The topological polar surface area (TPSA) is 126 Å². The van der Waals surface area contributed by atoms with Gasteiger partial charge in [-0.25, -0.2) is 4.98 Å². The summed E-state index contributed by atoms with van der Waals surface area (Å²) in [4.78, 5) is 39.4. The highest BCUT2D eigenvalue weighted by Gasteiger charge is 2.37. The van der Waals surface area contributed by atoms with Crippen LogP contribution < -0.4 is 16.4 Å². The van der Waals surface area contributed by atoms with Crippen LogP contribution in [0.4, 0.5) is 11.8 Å². The van der Waals surface area contributed by atoms with Crippen molar-refractivity contribution in [3.05, 3.63) is 58.5 Å². The number of carbonyl (C=O) groups excluding carboxylic acids is 2. The summed E-state index contributed by atoms with van der Waals surface area (Å²) in [5.74, 6) is 0.644. The number of rotatable bonds is 7. The van der Waals surface area contributed by atoms with E-state index in [0.29, 0.717) is 40.2 Å². The fourth-order valence-electron chi connectivity index (χ4n) is 4.36. The fraction of sp³-hybridized carbons (Fsp3) is 0.348. The summed E-state index contributed by atoms with van der Waals surface area (Å²) in [6.07, 6.45) is 8.14. The first-order valence-electron chi connectivity index (χ1n) is 10.9. The van der Waals surface area contributed by atoms with Gasteiger partial charge < -0.3 is 16.4 Å². The van der Waals surface area contributed by atoms with Crippen LogP contribution in [0.1, 0.15) is 46.4 Å². The van der Waals surface area contributed by atoms with E-state index < -0.39 is 0 Å². The quantitative estimate of drug-likeness (QED) is 0.421. The predicted molar refractivity (Wildman–Crippen MR) is 129 cm³/mol. The first-order chi connectivity index (χ1) is 16.0. The molecule has 33 heavy (non-hydrogen) atoms. The summed E-state index contributed by atoms with van der Waals surface area (Å²) in [6.45, 7) is 0.413. The standard InChI is InChI=1S/C23H26ClN7O2/c1-26-11-16(10-25)29-23-27-12-19(24)20(30-23)28-15-6-4-5-14(9-15)13-31-21(32)17-7-2-3-8-18(17)22(31)33/h2-3,7-8,10-12,14-15H,4-6,9,13,25H2,1H3,(H2,27,28,29,30). The van der Waals surface area contributed by atoms with E-state index in [2.05, 4.69) is 25.6 Å². The number of aromatic nitrogens is 2. The van der Waals surface area contributed by atoms with E-state index in [4.69, 9.17) is 17.3 Å². The molecule has 2 aromatic rings. The SMILES string of the molecule is CN=CC(=CN)Nc1ncc(Cl)c(NC2CCCC(CN3C(=O)c4ccccc4C3=O)C2)n1. The molecule has 1 aromatic heterocycles. The van der Waals surface area contributed by atoms with E-state index in [1.54, 1.807) is 37.5 Å². The molecule has 2 unspecified atom stereocenters. The second-order valence-corrected chi connectivity index (χ2v) is 8.57. The first-order valence-corrected chi connectivity index (χ1v) is 11.2. The number of amides is 2.